The third-order valence-electron chi connectivity index (χ3n) is 4.13. The molecule has 1 amide bonds. The Kier molecular flexibility index (Phi) is 3.06. The number of hydrogen-bond donors (Lipinski definition) is 2. The Morgan fingerprint density at radius 3 is 3.05 bits per heavy atom. The number of hydrogen-bond acceptors (Lipinski definition) is 4. The van der Waals surface area contributed by atoms with E-state index < -0.39 is 0 Å². The van der Waals surface area contributed by atoms with Crippen molar-refractivity contribution in [3.63, 3.8) is 0 Å². The van der Waals surface area contributed by atoms with Crippen LogP contribution in [0.25, 0.3) is 0 Å². The molecule has 2 aliphatic heterocycles. The van der Waals surface area contributed by atoms with E-state index in [0.717, 1.165) is 26.1 Å². The zero-order chi connectivity index (χ0) is 13.4. The van der Waals surface area contributed by atoms with Gasteiger partial charge in [-0.25, -0.2) is 0 Å². The van der Waals surface area contributed by atoms with Gasteiger partial charge in [0.05, 0.1) is 7.11 Å². The van der Waals surface area contributed by atoms with Crippen molar-refractivity contribution in [3.8, 4) is 11.5 Å². The highest BCUT2D eigenvalue weighted by Gasteiger charge is 2.40. The molecule has 19 heavy (non-hydrogen) atoms. The molecule has 5 nitrogen and oxygen atoms in total. The second-order valence-electron chi connectivity index (χ2n) is 5.16. The van der Waals surface area contributed by atoms with Crippen LogP contribution >= 0.6 is 0 Å². The van der Waals surface area contributed by atoms with Crippen LogP contribution < -0.4 is 10.1 Å². The van der Waals surface area contributed by atoms with Crippen molar-refractivity contribution in [1.29, 1.82) is 0 Å². The number of rotatable bonds is 2. The molecule has 3 rings (SSSR count). The van der Waals surface area contributed by atoms with Gasteiger partial charge in [-0.05, 0) is 30.5 Å². The monoisotopic (exact) mass is 262 g/mol. The molecular formula is C14H18N2O3. The van der Waals surface area contributed by atoms with Gasteiger partial charge in [0.2, 0.25) is 0 Å². The average molecular weight is 262 g/mol. The van der Waals surface area contributed by atoms with E-state index in [1.807, 2.05) is 4.90 Å². The number of nitrogens with one attached hydrogen (secondary N) is 1. The van der Waals surface area contributed by atoms with Gasteiger partial charge in [0.15, 0.2) is 11.5 Å². The van der Waals surface area contributed by atoms with E-state index in [4.69, 9.17) is 4.74 Å². The molecule has 2 atom stereocenters. The van der Waals surface area contributed by atoms with Gasteiger partial charge in [0.1, 0.15) is 0 Å². The number of amides is 1. The maximum Gasteiger partial charge on any atom is 0.254 e. The lowest BCUT2D eigenvalue weighted by molar-refractivity contribution is 0.0736. The highest BCUT2D eigenvalue weighted by atomic mass is 16.5. The number of likely N-dealkylation sites (tertiary alicyclic amines) is 1. The van der Waals surface area contributed by atoms with Crippen LogP contribution in [0.15, 0.2) is 18.2 Å². The number of carbonyl (C=O) groups excluding carboxylic acids is 1. The molecule has 0 spiro atoms. The summed E-state index contributed by atoms with van der Waals surface area (Å²) in [5.41, 5.74) is 0.519. The fraction of sp³-hybridized carbons (Fsp3) is 0.500. The van der Waals surface area contributed by atoms with Crippen LogP contribution in [-0.4, -0.2) is 48.7 Å². The molecular weight excluding hydrogens is 244 g/mol. The van der Waals surface area contributed by atoms with E-state index in [1.165, 1.54) is 13.2 Å². The molecule has 0 saturated carbocycles. The van der Waals surface area contributed by atoms with Gasteiger partial charge in [-0.3, -0.25) is 4.79 Å². The predicted molar refractivity (Wildman–Crippen MR) is 70.5 cm³/mol. The first-order chi connectivity index (χ1) is 9.20. The van der Waals surface area contributed by atoms with Gasteiger partial charge in [-0.1, -0.05) is 0 Å². The maximum absolute atomic E-state index is 12.5. The zero-order valence-electron chi connectivity index (χ0n) is 10.9. The molecule has 0 aliphatic carbocycles. The summed E-state index contributed by atoms with van der Waals surface area (Å²) in [6, 6.07) is 5.12. The predicted octanol–water partition coefficient (Wildman–Crippen LogP) is 0.835. The Hall–Kier alpha value is -1.75. The van der Waals surface area contributed by atoms with Crippen molar-refractivity contribution in [1.82, 2.24) is 10.2 Å². The Morgan fingerprint density at radius 2 is 2.32 bits per heavy atom. The van der Waals surface area contributed by atoms with E-state index in [9.17, 15) is 9.90 Å². The standard InChI is InChI=1S/C14H18N2O3/c1-19-13-3-2-9(6-12(13)17)14(18)16-5-4-10-7-15-8-11(10)16/h2-3,6,10-11,15,17H,4-5,7-8H2,1H3/t10-,11+/m0/s1. The van der Waals surface area contributed by atoms with E-state index in [0.29, 0.717) is 23.3 Å². The number of nitrogens with zero attached hydrogens (tertiary/aromatic N) is 1. The number of fused-ring (bicyclic) bond motifs is 1. The third-order valence-corrected chi connectivity index (χ3v) is 4.13. The van der Waals surface area contributed by atoms with E-state index in [2.05, 4.69) is 5.32 Å². The van der Waals surface area contributed by atoms with E-state index in [1.54, 1.807) is 12.1 Å². The molecule has 2 fully saturated rings. The van der Waals surface area contributed by atoms with Crippen molar-refractivity contribution in [2.24, 2.45) is 5.92 Å². The van der Waals surface area contributed by atoms with Crippen LogP contribution in [0.3, 0.4) is 0 Å². The largest absolute Gasteiger partial charge is 0.504 e. The molecule has 2 aliphatic rings. The van der Waals surface area contributed by atoms with Crippen LogP contribution in [0.5, 0.6) is 11.5 Å². The minimum atomic E-state index is -0.00541. The molecule has 2 saturated heterocycles. The highest BCUT2D eigenvalue weighted by Crippen LogP contribution is 2.31. The summed E-state index contributed by atoms with van der Waals surface area (Å²) >= 11 is 0. The molecule has 0 radical (unpaired) electrons. The van der Waals surface area contributed by atoms with Crippen molar-refractivity contribution >= 4 is 5.91 Å². The second kappa shape index (κ2) is 4.74. The summed E-state index contributed by atoms with van der Waals surface area (Å²) in [6.45, 7) is 2.68. The lowest BCUT2D eigenvalue weighted by Gasteiger charge is -2.23. The molecule has 2 heterocycles. The Labute approximate surface area is 112 Å². The Balaban J connectivity index is 1.82. The van der Waals surface area contributed by atoms with Gasteiger partial charge >= 0.3 is 0 Å². The summed E-state index contributed by atoms with van der Waals surface area (Å²) in [5.74, 6) is 0.969. The van der Waals surface area contributed by atoms with Gasteiger partial charge in [0, 0.05) is 31.2 Å². The summed E-state index contributed by atoms with van der Waals surface area (Å²) in [4.78, 5) is 14.4. The number of ether oxygens (including phenoxy) is 1. The first-order valence-corrected chi connectivity index (χ1v) is 6.59. The average Bonchev–Trinajstić information content (AvgIpc) is 3.00. The molecule has 2 N–H and O–H groups in total. The molecule has 5 heteroatoms. The Bertz CT molecular complexity index is 503. The van der Waals surface area contributed by atoms with Crippen LogP contribution in [-0.2, 0) is 0 Å². The topological polar surface area (TPSA) is 61.8 Å². The van der Waals surface area contributed by atoms with E-state index >= 15 is 0 Å². The molecule has 0 aromatic heterocycles. The van der Waals surface area contributed by atoms with Crippen molar-refractivity contribution < 1.29 is 14.6 Å². The number of phenols is 1. The first-order valence-electron chi connectivity index (χ1n) is 6.59. The SMILES string of the molecule is COc1ccc(C(=O)N2CC[C@H]3CNC[C@H]32)cc1O. The van der Waals surface area contributed by atoms with Crippen molar-refractivity contribution in [2.45, 2.75) is 12.5 Å². The van der Waals surface area contributed by atoms with E-state index in [-0.39, 0.29) is 11.7 Å². The number of aromatic hydroxyl groups is 1. The summed E-state index contributed by atoms with van der Waals surface area (Å²) < 4.78 is 4.99. The lowest BCUT2D eigenvalue weighted by atomic mass is 10.0. The normalized spacial score (nSPS) is 25.4. The van der Waals surface area contributed by atoms with Crippen LogP contribution in [0.4, 0.5) is 0 Å². The van der Waals surface area contributed by atoms with Gasteiger partial charge in [-0.15, -0.1) is 0 Å². The van der Waals surface area contributed by atoms with Crippen molar-refractivity contribution in [2.75, 3.05) is 26.7 Å². The van der Waals surface area contributed by atoms with Crippen molar-refractivity contribution in [3.05, 3.63) is 23.8 Å². The van der Waals surface area contributed by atoms with Gasteiger partial charge in [-0.2, -0.15) is 0 Å². The lowest BCUT2D eigenvalue weighted by Crippen LogP contribution is -2.39. The molecule has 1 aromatic rings. The van der Waals surface area contributed by atoms with Gasteiger partial charge in [0.25, 0.3) is 5.91 Å². The minimum absolute atomic E-state index is 0.00541. The molecule has 102 valence electrons. The Morgan fingerprint density at radius 1 is 1.47 bits per heavy atom. The summed E-state index contributed by atoms with van der Waals surface area (Å²) in [6.07, 6.45) is 1.06. The third kappa shape index (κ3) is 2.04. The number of carbonyl (C=O) groups is 1. The van der Waals surface area contributed by atoms with Crippen LogP contribution in [0.2, 0.25) is 0 Å². The number of benzene rings is 1. The fourth-order valence-corrected chi connectivity index (χ4v) is 3.09. The van der Waals surface area contributed by atoms with Crippen LogP contribution in [0, 0.1) is 5.92 Å². The molecule has 1 aromatic carbocycles. The summed E-state index contributed by atoms with van der Waals surface area (Å²) in [7, 11) is 1.49. The van der Waals surface area contributed by atoms with Gasteiger partial charge < -0.3 is 20.1 Å². The quantitative estimate of drug-likeness (QED) is 0.829. The smallest absolute Gasteiger partial charge is 0.254 e. The fourth-order valence-electron chi connectivity index (χ4n) is 3.09. The second-order valence-corrected chi connectivity index (χ2v) is 5.16. The molecule has 0 bridgehead atoms. The number of methoxy groups -OCH3 is 1. The molecule has 0 unspecified atom stereocenters. The zero-order valence-corrected chi connectivity index (χ0v) is 10.9. The van der Waals surface area contributed by atoms with Crippen LogP contribution in [0.1, 0.15) is 16.8 Å². The minimum Gasteiger partial charge on any atom is -0.504 e. The highest BCUT2D eigenvalue weighted by molar-refractivity contribution is 5.95. The number of phenolic OH excluding ortho intramolecular Hbond substituents is 1. The summed E-state index contributed by atoms with van der Waals surface area (Å²) in [5, 5.41) is 13.1. The maximum atomic E-state index is 12.5. The first kappa shape index (κ1) is 12.3.